The molecule has 2 aromatic carbocycles. The average Bonchev–Trinajstić information content (AvgIpc) is 3.32. The van der Waals surface area contributed by atoms with Crippen LogP contribution in [0.5, 0.6) is 0 Å². The number of halogens is 1. The zero-order chi connectivity index (χ0) is 26.4. The highest BCUT2D eigenvalue weighted by molar-refractivity contribution is 6.36. The zero-order valence-corrected chi connectivity index (χ0v) is 22.6. The van der Waals surface area contributed by atoms with E-state index in [2.05, 4.69) is 46.1 Å². The maximum atomic E-state index is 12.4. The standard InChI is InChI=1S/C31H30ClN5O/c1-20-5-8-22(9-6-20)15-26-29(32)25-16-23(11-12-27(25)35-30(26)37-13-4-14-37)31(38,28-18-33-19-36(28)3)24-10-7-21(2)34-17-24/h5-12,16-19,38H,4,13-15H2,1-3H3. The molecular weight excluding hydrogens is 494 g/mol. The number of aromatic nitrogens is 4. The summed E-state index contributed by atoms with van der Waals surface area (Å²) in [6.45, 7) is 5.98. The molecule has 1 saturated heterocycles. The van der Waals surface area contributed by atoms with E-state index in [0.29, 0.717) is 28.3 Å². The molecule has 6 nitrogen and oxygen atoms in total. The Morgan fingerprint density at radius 1 is 0.974 bits per heavy atom. The summed E-state index contributed by atoms with van der Waals surface area (Å²) in [5, 5.41) is 13.9. The van der Waals surface area contributed by atoms with Crippen LogP contribution < -0.4 is 4.90 Å². The minimum Gasteiger partial charge on any atom is -0.374 e. The number of pyridine rings is 2. The van der Waals surface area contributed by atoms with Gasteiger partial charge in [-0.05, 0) is 49.6 Å². The van der Waals surface area contributed by atoms with Gasteiger partial charge in [0.25, 0.3) is 0 Å². The molecule has 0 amide bonds. The van der Waals surface area contributed by atoms with E-state index in [9.17, 15) is 5.11 Å². The van der Waals surface area contributed by atoms with Crippen LogP contribution in [0.15, 0.2) is 73.3 Å². The van der Waals surface area contributed by atoms with E-state index >= 15 is 0 Å². The van der Waals surface area contributed by atoms with Gasteiger partial charge in [0.1, 0.15) is 5.82 Å². The molecule has 4 heterocycles. The average molecular weight is 524 g/mol. The van der Waals surface area contributed by atoms with Crippen molar-refractivity contribution in [2.75, 3.05) is 18.0 Å². The highest BCUT2D eigenvalue weighted by Gasteiger charge is 2.37. The largest absolute Gasteiger partial charge is 0.374 e. The summed E-state index contributed by atoms with van der Waals surface area (Å²) >= 11 is 7.22. The van der Waals surface area contributed by atoms with Gasteiger partial charge in [0.15, 0.2) is 5.60 Å². The molecule has 0 radical (unpaired) electrons. The van der Waals surface area contributed by atoms with Crippen LogP contribution in [0.4, 0.5) is 5.82 Å². The second-order valence-corrected chi connectivity index (χ2v) is 10.6. The van der Waals surface area contributed by atoms with E-state index in [1.807, 2.05) is 48.9 Å². The van der Waals surface area contributed by atoms with E-state index in [1.54, 1.807) is 18.7 Å². The smallest absolute Gasteiger partial charge is 0.158 e. The third kappa shape index (κ3) is 4.14. The number of fused-ring (bicyclic) bond motifs is 1. The number of aliphatic hydroxyl groups is 1. The van der Waals surface area contributed by atoms with Gasteiger partial charge in [-0.15, -0.1) is 0 Å². The predicted octanol–water partition coefficient (Wildman–Crippen LogP) is 5.72. The molecule has 0 bridgehead atoms. The van der Waals surface area contributed by atoms with E-state index in [1.165, 1.54) is 11.1 Å². The van der Waals surface area contributed by atoms with Crippen molar-refractivity contribution >= 4 is 28.3 Å². The summed E-state index contributed by atoms with van der Waals surface area (Å²) in [5.41, 5.74) is 5.63. The Kier molecular flexibility index (Phi) is 6.17. The zero-order valence-electron chi connectivity index (χ0n) is 21.8. The van der Waals surface area contributed by atoms with Gasteiger partial charge in [-0.3, -0.25) is 4.98 Å². The lowest BCUT2D eigenvalue weighted by Crippen LogP contribution is -2.38. The number of benzene rings is 2. The minimum absolute atomic E-state index is 0.642. The highest BCUT2D eigenvalue weighted by atomic mass is 35.5. The summed E-state index contributed by atoms with van der Waals surface area (Å²) in [4.78, 5) is 16.1. The maximum Gasteiger partial charge on any atom is 0.158 e. The summed E-state index contributed by atoms with van der Waals surface area (Å²) < 4.78 is 1.83. The van der Waals surface area contributed by atoms with Crippen molar-refractivity contribution < 1.29 is 5.11 Å². The first kappa shape index (κ1) is 24.6. The lowest BCUT2D eigenvalue weighted by atomic mass is 9.83. The molecule has 1 N–H and O–H groups in total. The number of hydrogen-bond acceptors (Lipinski definition) is 5. The molecule has 38 heavy (non-hydrogen) atoms. The molecule has 6 rings (SSSR count). The van der Waals surface area contributed by atoms with E-state index < -0.39 is 5.60 Å². The quantitative estimate of drug-likeness (QED) is 0.308. The summed E-state index contributed by atoms with van der Waals surface area (Å²) in [5.74, 6) is 0.951. The first-order valence-corrected chi connectivity index (χ1v) is 13.3. The fraction of sp³-hybridized carbons (Fsp3) is 0.258. The van der Waals surface area contributed by atoms with Crippen LogP contribution in [-0.4, -0.2) is 37.7 Å². The first-order valence-electron chi connectivity index (χ1n) is 12.9. The second-order valence-electron chi connectivity index (χ2n) is 10.3. The first-order chi connectivity index (χ1) is 18.3. The minimum atomic E-state index is -1.48. The molecular formula is C31H30ClN5O. The summed E-state index contributed by atoms with van der Waals surface area (Å²) in [6.07, 6.45) is 6.95. The van der Waals surface area contributed by atoms with Crippen LogP contribution in [0.1, 0.15) is 45.6 Å². The topological polar surface area (TPSA) is 67.1 Å². The van der Waals surface area contributed by atoms with E-state index in [4.69, 9.17) is 16.6 Å². The van der Waals surface area contributed by atoms with Crippen LogP contribution in [0, 0.1) is 13.8 Å². The molecule has 3 aromatic heterocycles. The second kappa shape index (κ2) is 9.53. The Labute approximate surface area is 227 Å². The van der Waals surface area contributed by atoms with Gasteiger partial charge < -0.3 is 14.6 Å². The van der Waals surface area contributed by atoms with E-state index in [-0.39, 0.29) is 0 Å². The Morgan fingerprint density at radius 3 is 2.37 bits per heavy atom. The molecule has 1 aliphatic heterocycles. The molecule has 1 unspecified atom stereocenters. The lowest BCUT2D eigenvalue weighted by molar-refractivity contribution is 0.117. The molecule has 7 heteroatoms. The van der Waals surface area contributed by atoms with Crippen molar-refractivity contribution in [3.8, 4) is 0 Å². The van der Waals surface area contributed by atoms with Crippen LogP contribution in [-0.2, 0) is 19.1 Å². The molecule has 5 aromatic rings. The number of nitrogens with zero attached hydrogens (tertiary/aromatic N) is 5. The molecule has 1 fully saturated rings. The van der Waals surface area contributed by atoms with Crippen LogP contribution in [0.2, 0.25) is 5.02 Å². The fourth-order valence-corrected chi connectivity index (χ4v) is 5.49. The van der Waals surface area contributed by atoms with Crippen LogP contribution in [0.25, 0.3) is 10.9 Å². The molecule has 0 aliphatic carbocycles. The third-order valence-corrected chi connectivity index (χ3v) is 8.02. The Bertz CT molecular complexity index is 1620. The number of aryl methyl sites for hydroxylation is 3. The van der Waals surface area contributed by atoms with Crippen molar-refractivity contribution in [1.29, 1.82) is 0 Å². The molecule has 1 aliphatic rings. The van der Waals surface area contributed by atoms with Gasteiger partial charge in [0.2, 0.25) is 0 Å². The van der Waals surface area contributed by atoms with E-state index in [0.717, 1.165) is 47.5 Å². The molecule has 0 spiro atoms. The number of imidazole rings is 1. The van der Waals surface area contributed by atoms with Gasteiger partial charge in [-0.2, -0.15) is 0 Å². The fourth-order valence-electron chi connectivity index (χ4n) is 5.18. The van der Waals surface area contributed by atoms with Gasteiger partial charge in [-0.25, -0.2) is 9.97 Å². The van der Waals surface area contributed by atoms with Crippen LogP contribution >= 0.6 is 11.6 Å². The summed E-state index contributed by atoms with van der Waals surface area (Å²) in [7, 11) is 1.88. The van der Waals surface area contributed by atoms with Crippen molar-refractivity contribution in [2.24, 2.45) is 7.05 Å². The van der Waals surface area contributed by atoms with Crippen molar-refractivity contribution in [1.82, 2.24) is 19.5 Å². The number of rotatable bonds is 6. The van der Waals surface area contributed by atoms with Crippen molar-refractivity contribution in [2.45, 2.75) is 32.3 Å². The monoisotopic (exact) mass is 523 g/mol. The van der Waals surface area contributed by atoms with Gasteiger partial charge in [0, 0.05) is 55.0 Å². The van der Waals surface area contributed by atoms with Crippen molar-refractivity contribution in [3.05, 3.63) is 118 Å². The van der Waals surface area contributed by atoms with Gasteiger partial charge >= 0.3 is 0 Å². The predicted molar refractivity (Wildman–Crippen MR) is 152 cm³/mol. The lowest BCUT2D eigenvalue weighted by Gasteiger charge is -2.34. The Balaban J connectivity index is 1.54. The highest BCUT2D eigenvalue weighted by Crippen LogP contribution is 2.41. The van der Waals surface area contributed by atoms with Crippen molar-refractivity contribution in [3.63, 3.8) is 0 Å². The normalized spacial score (nSPS) is 14.9. The SMILES string of the molecule is Cc1ccc(Cc2c(N3CCC3)nc3ccc(C(O)(c4ccc(C)nc4)c4cncn4C)cc3c2Cl)cc1. The Morgan fingerprint density at radius 2 is 1.74 bits per heavy atom. The third-order valence-electron chi connectivity index (χ3n) is 7.59. The number of hydrogen-bond donors (Lipinski definition) is 1. The summed E-state index contributed by atoms with van der Waals surface area (Å²) in [6, 6.07) is 18.2. The molecule has 192 valence electrons. The number of anilines is 1. The van der Waals surface area contributed by atoms with Crippen LogP contribution in [0.3, 0.4) is 0 Å². The molecule has 1 atom stereocenters. The maximum absolute atomic E-state index is 12.4. The van der Waals surface area contributed by atoms with Gasteiger partial charge in [-0.1, -0.05) is 53.6 Å². The van der Waals surface area contributed by atoms with Gasteiger partial charge in [0.05, 0.1) is 28.8 Å². The Hall–Kier alpha value is -3.74. The molecule has 0 saturated carbocycles.